The SMILES string of the molecule is COc1nn(C)cc1C(=O)Nc1ccccc1SC1CCCC1. The highest BCUT2D eigenvalue weighted by molar-refractivity contribution is 8.00. The van der Waals surface area contributed by atoms with E-state index in [0.717, 1.165) is 10.6 Å². The Morgan fingerprint density at radius 2 is 2.09 bits per heavy atom. The Kier molecular flexibility index (Phi) is 4.91. The largest absolute Gasteiger partial charge is 0.479 e. The van der Waals surface area contributed by atoms with Crippen LogP contribution in [-0.2, 0) is 7.05 Å². The molecule has 0 aliphatic heterocycles. The number of aromatic nitrogens is 2. The first-order valence-corrected chi connectivity index (χ1v) is 8.70. The van der Waals surface area contributed by atoms with Crippen molar-refractivity contribution in [1.82, 2.24) is 9.78 Å². The van der Waals surface area contributed by atoms with E-state index in [1.54, 1.807) is 17.9 Å². The lowest BCUT2D eigenvalue weighted by molar-refractivity contribution is 0.102. The highest BCUT2D eigenvalue weighted by Gasteiger charge is 2.20. The minimum atomic E-state index is -0.200. The van der Waals surface area contributed by atoms with Crippen molar-refractivity contribution < 1.29 is 9.53 Å². The average Bonchev–Trinajstić information content (AvgIpc) is 3.18. The molecule has 5 nitrogen and oxygen atoms in total. The number of benzene rings is 1. The lowest BCUT2D eigenvalue weighted by Crippen LogP contribution is -2.13. The molecule has 2 aromatic rings. The number of methoxy groups -OCH3 is 1. The molecule has 1 saturated carbocycles. The highest BCUT2D eigenvalue weighted by Crippen LogP contribution is 2.38. The number of para-hydroxylation sites is 1. The molecule has 1 aliphatic carbocycles. The van der Waals surface area contributed by atoms with Crippen LogP contribution in [0.5, 0.6) is 5.88 Å². The topological polar surface area (TPSA) is 56.2 Å². The Bertz CT molecular complexity index is 693. The Hall–Kier alpha value is -1.95. The molecule has 0 bridgehead atoms. The lowest BCUT2D eigenvalue weighted by Gasteiger charge is -2.14. The molecule has 1 aliphatic rings. The quantitative estimate of drug-likeness (QED) is 0.907. The fourth-order valence-electron chi connectivity index (χ4n) is 2.82. The summed E-state index contributed by atoms with van der Waals surface area (Å²) in [5, 5.41) is 7.78. The van der Waals surface area contributed by atoms with Crippen molar-refractivity contribution in [2.24, 2.45) is 7.05 Å². The van der Waals surface area contributed by atoms with Crippen molar-refractivity contribution in [2.75, 3.05) is 12.4 Å². The van der Waals surface area contributed by atoms with Crippen molar-refractivity contribution in [3.05, 3.63) is 36.0 Å². The van der Waals surface area contributed by atoms with Gasteiger partial charge in [0.25, 0.3) is 5.91 Å². The molecular weight excluding hydrogens is 310 g/mol. The number of carbonyl (C=O) groups is 1. The van der Waals surface area contributed by atoms with Crippen molar-refractivity contribution in [2.45, 2.75) is 35.8 Å². The number of nitrogens with zero attached hydrogens (tertiary/aromatic N) is 2. The molecule has 0 atom stereocenters. The number of thioether (sulfide) groups is 1. The Morgan fingerprint density at radius 3 is 2.83 bits per heavy atom. The molecule has 1 heterocycles. The Labute approximate surface area is 140 Å². The normalized spacial score (nSPS) is 14.9. The summed E-state index contributed by atoms with van der Waals surface area (Å²) in [7, 11) is 3.28. The summed E-state index contributed by atoms with van der Waals surface area (Å²) >= 11 is 1.86. The minimum absolute atomic E-state index is 0.200. The molecule has 23 heavy (non-hydrogen) atoms. The number of aryl methyl sites for hydroxylation is 1. The van der Waals surface area contributed by atoms with Crippen LogP contribution in [0.4, 0.5) is 5.69 Å². The van der Waals surface area contributed by atoms with Gasteiger partial charge in [-0.05, 0) is 25.0 Å². The van der Waals surface area contributed by atoms with Gasteiger partial charge in [0, 0.05) is 23.4 Å². The minimum Gasteiger partial charge on any atom is -0.479 e. The smallest absolute Gasteiger partial charge is 0.262 e. The number of rotatable bonds is 5. The van der Waals surface area contributed by atoms with Gasteiger partial charge in [-0.1, -0.05) is 25.0 Å². The zero-order chi connectivity index (χ0) is 16.2. The molecule has 0 unspecified atom stereocenters. The molecule has 1 fully saturated rings. The number of carbonyl (C=O) groups excluding carboxylic acids is 1. The number of hydrogen-bond acceptors (Lipinski definition) is 4. The van der Waals surface area contributed by atoms with E-state index in [4.69, 9.17) is 4.74 Å². The van der Waals surface area contributed by atoms with Crippen LogP contribution in [0.1, 0.15) is 36.0 Å². The van der Waals surface area contributed by atoms with E-state index in [1.807, 2.05) is 30.0 Å². The highest BCUT2D eigenvalue weighted by atomic mass is 32.2. The summed E-state index contributed by atoms with van der Waals surface area (Å²) in [4.78, 5) is 13.7. The van der Waals surface area contributed by atoms with Crippen molar-refractivity contribution >= 4 is 23.4 Å². The van der Waals surface area contributed by atoms with E-state index in [1.165, 1.54) is 32.8 Å². The van der Waals surface area contributed by atoms with Crippen molar-refractivity contribution in [3.63, 3.8) is 0 Å². The molecular formula is C17H21N3O2S. The van der Waals surface area contributed by atoms with E-state index in [0.29, 0.717) is 16.7 Å². The number of nitrogens with one attached hydrogen (secondary N) is 1. The molecule has 0 saturated heterocycles. The molecule has 1 aromatic carbocycles. The van der Waals surface area contributed by atoms with Crippen LogP contribution in [0.3, 0.4) is 0 Å². The standard InChI is InChI=1S/C17H21N3O2S/c1-20-11-13(17(19-20)22-2)16(21)18-14-9-5-6-10-15(14)23-12-7-3-4-8-12/h5-6,9-12H,3-4,7-8H2,1-2H3,(H,18,21). The van der Waals surface area contributed by atoms with Gasteiger partial charge in [0.2, 0.25) is 5.88 Å². The summed E-state index contributed by atoms with van der Waals surface area (Å²) in [6.45, 7) is 0. The van der Waals surface area contributed by atoms with Crippen LogP contribution >= 0.6 is 11.8 Å². The first-order valence-electron chi connectivity index (χ1n) is 7.82. The molecule has 0 spiro atoms. The van der Waals surface area contributed by atoms with E-state index < -0.39 is 0 Å². The second-order valence-electron chi connectivity index (χ2n) is 5.70. The maximum Gasteiger partial charge on any atom is 0.262 e. The second kappa shape index (κ2) is 7.08. The van der Waals surface area contributed by atoms with Gasteiger partial charge in [-0.25, -0.2) is 0 Å². The number of anilines is 1. The monoisotopic (exact) mass is 331 g/mol. The summed E-state index contributed by atoms with van der Waals surface area (Å²) in [5.74, 6) is 0.139. The van der Waals surface area contributed by atoms with E-state index in [-0.39, 0.29) is 5.91 Å². The van der Waals surface area contributed by atoms with Gasteiger partial charge >= 0.3 is 0 Å². The fourth-order valence-corrected chi connectivity index (χ4v) is 4.15. The zero-order valence-electron chi connectivity index (χ0n) is 13.4. The van der Waals surface area contributed by atoms with Crippen LogP contribution in [0.2, 0.25) is 0 Å². The van der Waals surface area contributed by atoms with E-state index in [9.17, 15) is 4.79 Å². The maximum atomic E-state index is 12.5. The van der Waals surface area contributed by atoms with Crippen LogP contribution in [0, 0.1) is 0 Å². The van der Waals surface area contributed by atoms with Crippen LogP contribution in [-0.4, -0.2) is 28.0 Å². The van der Waals surface area contributed by atoms with E-state index in [2.05, 4.69) is 16.5 Å². The van der Waals surface area contributed by atoms with Crippen LogP contribution in [0.15, 0.2) is 35.4 Å². The van der Waals surface area contributed by atoms with Gasteiger partial charge in [0.05, 0.1) is 12.8 Å². The predicted octanol–water partition coefficient (Wildman–Crippen LogP) is 3.72. The van der Waals surface area contributed by atoms with Gasteiger partial charge in [0.1, 0.15) is 5.56 Å². The van der Waals surface area contributed by atoms with Gasteiger partial charge < -0.3 is 10.1 Å². The predicted molar refractivity (Wildman–Crippen MR) is 92.3 cm³/mol. The summed E-state index contributed by atoms with van der Waals surface area (Å²) < 4.78 is 6.74. The summed E-state index contributed by atoms with van der Waals surface area (Å²) in [6, 6.07) is 7.96. The van der Waals surface area contributed by atoms with Crippen molar-refractivity contribution in [3.8, 4) is 5.88 Å². The fraction of sp³-hybridized carbons (Fsp3) is 0.412. The summed E-state index contributed by atoms with van der Waals surface area (Å²) in [6.07, 6.45) is 6.78. The van der Waals surface area contributed by atoms with Crippen molar-refractivity contribution in [1.29, 1.82) is 0 Å². The molecule has 1 aromatic heterocycles. The summed E-state index contributed by atoms with van der Waals surface area (Å²) in [5.41, 5.74) is 1.29. The average molecular weight is 331 g/mol. The third-order valence-corrected chi connectivity index (χ3v) is 5.38. The number of ether oxygens (including phenoxy) is 1. The number of hydrogen-bond donors (Lipinski definition) is 1. The Morgan fingerprint density at radius 1 is 1.35 bits per heavy atom. The molecule has 1 N–H and O–H groups in total. The molecule has 1 amide bonds. The van der Waals surface area contributed by atoms with Crippen LogP contribution < -0.4 is 10.1 Å². The number of amides is 1. The van der Waals surface area contributed by atoms with Gasteiger partial charge in [-0.2, -0.15) is 0 Å². The zero-order valence-corrected chi connectivity index (χ0v) is 14.2. The Balaban J connectivity index is 1.77. The lowest BCUT2D eigenvalue weighted by atomic mass is 10.2. The van der Waals surface area contributed by atoms with Gasteiger partial charge in [0.15, 0.2) is 0 Å². The van der Waals surface area contributed by atoms with Crippen LogP contribution in [0.25, 0.3) is 0 Å². The van der Waals surface area contributed by atoms with Gasteiger partial charge in [-0.3, -0.25) is 9.48 Å². The third kappa shape index (κ3) is 3.69. The maximum absolute atomic E-state index is 12.5. The first-order chi connectivity index (χ1) is 11.2. The molecule has 3 rings (SSSR count). The second-order valence-corrected chi connectivity index (χ2v) is 7.04. The molecule has 0 radical (unpaired) electrons. The van der Waals surface area contributed by atoms with Gasteiger partial charge in [-0.15, -0.1) is 16.9 Å². The third-order valence-electron chi connectivity index (χ3n) is 3.96. The molecule has 6 heteroatoms. The first kappa shape index (κ1) is 15.9. The van der Waals surface area contributed by atoms with E-state index >= 15 is 0 Å². The molecule has 122 valence electrons.